The van der Waals surface area contributed by atoms with E-state index in [-0.39, 0.29) is 16.7 Å². The molecule has 12 aromatic carbocycles. The number of aromatic carboxylic acids is 3. The Morgan fingerprint density at radius 1 is 0.250 bits per heavy atom. The fourth-order valence-corrected chi connectivity index (χ4v) is 19.7. The van der Waals surface area contributed by atoms with Gasteiger partial charge in [0.2, 0.25) is 0 Å². The van der Waals surface area contributed by atoms with Gasteiger partial charge >= 0.3 is 17.9 Å². The number of rotatable bonds is 17. The van der Waals surface area contributed by atoms with E-state index in [4.69, 9.17) is 14.7 Å². The molecular weight excluding hydrogens is 1820 g/mol. The van der Waals surface area contributed by atoms with E-state index in [1.54, 1.807) is 84.9 Å². The van der Waals surface area contributed by atoms with Crippen molar-refractivity contribution >= 4 is 68.7 Å². The molecule has 0 aliphatic carbocycles. The summed E-state index contributed by atoms with van der Waals surface area (Å²) in [5, 5.41) is 28.6. The van der Waals surface area contributed by atoms with E-state index in [0.717, 1.165) is 245 Å². The van der Waals surface area contributed by atoms with Crippen LogP contribution in [-0.2, 0) is 30.5 Å². The lowest BCUT2D eigenvalue weighted by Gasteiger charge is -2.12. The highest BCUT2D eigenvalue weighted by molar-refractivity contribution is 6.10. The third-order valence-electron chi connectivity index (χ3n) is 27.7. The molecule has 17 rings (SSSR count). The SMILES string of the molecule is CCC1=C(CC)c2nc1c(-c1ccc(C#Cc3cc(C)c(C#Cc4ccc(OC=O)cc4)cc3C)cc1)c1[nH]c(c(CC)c1CC)c(-c1ccc(C#Cc3cc(C)c(C#Cc4ccc(C(=O)O)cc4)cc3C)cc1)c1nc(c(-c3ccc(C#Cc4cc(C)c(C#Cc5ccc(C(=O)O)cc5)cc4C)cc3)c3[nH]c(c(CC)c3CC)c2-c2ccc(C#Cc3cc(C)c(C#Cc4ccc(C(=O)O)cc4)cc3C)cc2)C(CC)=C1CC. The summed E-state index contributed by atoms with van der Waals surface area (Å²) in [6.07, 6.45) is 5.30. The van der Waals surface area contributed by atoms with E-state index < -0.39 is 17.9 Å². The molecule has 2 aliphatic rings. The van der Waals surface area contributed by atoms with E-state index in [1.165, 1.54) is 22.3 Å². The predicted molar refractivity (Wildman–Crippen MR) is 600 cm³/mol. The number of allylic oxidation sites excluding steroid dienone is 4. The number of hydrogen-bond donors (Lipinski definition) is 5. The Morgan fingerprint density at radius 2 is 0.419 bits per heavy atom. The first-order valence-electron chi connectivity index (χ1n) is 50.3. The predicted octanol–water partition coefficient (Wildman–Crippen LogP) is 29.0. The normalized spacial score (nSPS) is 11.2. The number of carbonyl (C=O) groups excluding carboxylic acids is 1. The summed E-state index contributed by atoms with van der Waals surface area (Å²) in [5.41, 5.74) is 46.1. The number of H-pyrrole nitrogens is 2. The third kappa shape index (κ3) is 21.5. The monoisotopic (exact) mass is 1930 g/mol. The summed E-state index contributed by atoms with van der Waals surface area (Å²) in [4.78, 5) is 67.4. The van der Waals surface area contributed by atoms with Crippen LogP contribution >= 0.6 is 0 Å². The Morgan fingerprint density at radius 3 is 0.574 bits per heavy atom. The zero-order valence-electron chi connectivity index (χ0n) is 86.1. The van der Waals surface area contributed by atoms with Crippen molar-refractivity contribution in [3.05, 3.63) is 438 Å². The minimum Gasteiger partial charge on any atom is -0.478 e. The molecule has 0 radical (unpaired) electrons. The van der Waals surface area contributed by atoms with E-state index in [9.17, 15) is 34.5 Å². The molecule has 148 heavy (non-hydrogen) atoms. The molecule has 0 unspecified atom stereocenters. The fourth-order valence-electron chi connectivity index (χ4n) is 19.7. The third-order valence-corrected chi connectivity index (χ3v) is 27.7. The summed E-state index contributed by atoms with van der Waals surface area (Å²) in [6, 6.07) is 78.4. The van der Waals surface area contributed by atoms with Gasteiger partial charge in [-0.05, 0) is 412 Å². The van der Waals surface area contributed by atoms with Crippen LogP contribution in [0.2, 0.25) is 0 Å². The second-order valence-electron chi connectivity index (χ2n) is 37.1. The molecule has 0 saturated carbocycles. The molecule has 8 bridgehead atoms. The summed E-state index contributed by atoms with van der Waals surface area (Å²) in [6.45, 7) is 35.0. The van der Waals surface area contributed by atoms with Gasteiger partial charge in [0, 0.05) is 111 Å². The van der Waals surface area contributed by atoms with E-state index in [1.807, 2.05) is 32.9 Å². The number of aromatic amines is 2. The van der Waals surface area contributed by atoms with Crippen LogP contribution in [0.5, 0.6) is 5.75 Å². The average Bonchev–Trinajstić information content (AvgIpc) is 1.56. The van der Waals surface area contributed by atoms with Crippen molar-refractivity contribution in [1.29, 1.82) is 0 Å². The number of hydrogen-bond acceptors (Lipinski definition) is 7. The number of ether oxygens (including phenoxy) is 1. The van der Waals surface area contributed by atoms with E-state index in [2.05, 4.69) is 340 Å². The lowest BCUT2D eigenvalue weighted by Crippen LogP contribution is -1.95. The highest BCUT2D eigenvalue weighted by Crippen LogP contribution is 2.51. The molecule has 722 valence electrons. The summed E-state index contributed by atoms with van der Waals surface area (Å²) >= 11 is 0. The standard InChI is InChI=1S/C136H110N4O8/c1-17-114-116(19-3)128-123(99-51-27-91(28-52-99)40-64-106-74-86(13)110(77-83(106)10)68-44-95-35-59-103(60-36-95)135(144)145)130-118(21-5)120(23-7)132(139-130)125(101-55-31-93(32-56-101)42-66-108-79-89(16)112(80-88(108)15)70-46-97-47-71-113(72-48-97)148-81-141)133-121(24-8)119(22-6)131(140-133)124(100-53-29-92(30-54-100)41-65-107-75-87(14)111(78-84(107)11)69-45-96-37-61-104(62-38-96)136(146)147)129-117(20-4)115(18-2)127(138-129)122(126(114)137-128)98-49-25-90(26-50-98)39-63-105-73-85(12)109(76-82(105)9)67-43-94-33-57-102(58-34-94)134(142)143/h25-38,47-62,71-81,137,140H,17-24H2,1-16H3,(H,142,143)(H,144,145)(H,146,147). The van der Waals surface area contributed by atoms with Gasteiger partial charge in [0.05, 0.1) is 61.5 Å². The molecule has 0 amide bonds. The van der Waals surface area contributed by atoms with Crippen LogP contribution in [-0.4, -0.2) is 59.6 Å². The quantitative estimate of drug-likeness (QED) is 0.0432. The maximum atomic E-state index is 11.6. The van der Waals surface area contributed by atoms with Crippen LogP contribution in [0, 0.1) is 150 Å². The Balaban J connectivity index is 0.902. The maximum absolute atomic E-state index is 11.6. The number of aromatic nitrogens is 4. The Bertz CT molecular complexity index is 8070. The highest BCUT2D eigenvalue weighted by atomic mass is 16.5. The zero-order chi connectivity index (χ0) is 104. The van der Waals surface area contributed by atoms with Gasteiger partial charge in [0.25, 0.3) is 6.47 Å². The molecule has 12 heteroatoms. The Hall–Kier alpha value is -18.4. The maximum Gasteiger partial charge on any atom is 0.335 e. The van der Waals surface area contributed by atoms with Gasteiger partial charge in [-0.15, -0.1) is 0 Å². The van der Waals surface area contributed by atoms with Crippen molar-refractivity contribution < 1.29 is 39.2 Å². The molecule has 0 atom stereocenters. The largest absolute Gasteiger partial charge is 0.478 e. The highest BCUT2D eigenvalue weighted by Gasteiger charge is 2.33. The molecular formula is C136H110N4O8. The number of nitrogens with one attached hydrogen (secondary N) is 2. The van der Waals surface area contributed by atoms with Crippen molar-refractivity contribution in [3.63, 3.8) is 0 Å². The molecule has 2 aliphatic heterocycles. The minimum atomic E-state index is -0.986. The summed E-state index contributed by atoms with van der Waals surface area (Å²) in [7, 11) is 0. The zero-order valence-corrected chi connectivity index (χ0v) is 86.1. The summed E-state index contributed by atoms with van der Waals surface area (Å²) in [5.74, 6) is 52.3. The molecule has 0 spiro atoms. The Kier molecular flexibility index (Phi) is 30.5. The first-order chi connectivity index (χ1) is 71.7. The lowest BCUT2D eigenvalue weighted by atomic mass is 9.89. The van der Waals surface area contributed by atoms with Gasteiger partial charge in [-0.1, -0.05) is 199 Å². The smallest absolute Gasteiger partial charge is 0.335 e. The van der Waals surface area contributed by atoms with Gasteiger partial charge in [-0.2, -0.15) is 0 Å². The van der Waals surface area contributed by atoms with Crippen molar-refractivity contribution in [2.24, 2.45) is 0 Å². The van der Waals surface area contributed by atoms with E-state index >= 15 is 0 Å². The average molecular weight is 1930 g/mol. The summed E-state index contributed by atoms with van der Waals surface area (Å²) < 4.78 is 5.03. The number of aryl methyl sites for hydroxylation is 12. The number of carboxylic acid groups (broad SMARTS) is 3. The van der Waals surface area contributed by atoms with Crippen molar-refractivity contribution in [1.82, 2.24) is 19.9 Å². The first-order valence-corrected chi connectivity index (χ1v) is 50.3. The van der Waals surface area contributed by atoms with Gasteiger partial charge < -0.3 is 30.0 Å². The van der Waals surface area contributed by atoms with Crippen molar-refractivity contribution in [2.75, 3.05) is 0 Å². The molecule has 12 nitrogen and oxygen atoms in total. The second kappa shape index (κ2) is 44.6. The lowest BCUT2D eigenvalue weighted by molar-refractivity contribution is -0.120. The number of fused-ring (bicyclic) bond motifs is 8. The molecule has 0 fully saturated rings. The van der Waals surface area contributed by atoms with Crippen LogP contribution in [0.3, 0.4) is 0 Å². The number of carbonyl (C=O) groups is 4. The molecule has 5 N–H and O–H groups in total. The van der Waals surface area contributed by atoms with Crippen LogP contribution in [0.1, 0.15) is 291 Å². The van der Waals surface area contributed by atoms with Gasteiger partial charge in [0.1, 0.15) is 5.75 Å². The molecule has 0 saturated heterocycles. The fraction of sp³-hybridized carbons (Fsp3) is 0.176. The number of benzene rings is 12. The van der Waals surface area contributed by atoms with E-state index in [0.29, 0.717) is 63.6 Å². The van der Waals surface area contributed by atoms with Crippen LogP contribution < -0.4 is 4.74 Å². The minimum absolute atomic E-state index is 0.206. The van der Waals surface area contributed by atoms with Crippen molar-refractivity contribution in [2.45, 2.75) is 162 Å². The molecule has 5 heterocycles. The second-order valence-corrected chi connectivity index (χ2v) is 37.1. The first kappa shape index (κ1) is 101. The van der Waals surface area contributed by atoms with Gasteiger partial charge in [-0.25, -0.2) is 24.4 Å². The molecule has 3 aromatic heterocycles. The van der Waals surface area contributed by atoms with Gasteiger partial charge in [0.15, 0.2) is 0 Å². The van der Waals surface area contributed by atoms with Crippen LogP contribution in [0.15, 0.2) is 243 Å². The van der Waals surface area contributed by atoms with Crippen LogP contribution in [0.4, 0.5) is 0 Å². The molecule has 15 aromatic rings. The van der Waals surface area contributed by atoms with Crippen LogP contribution in [0.25, 0.3) is 88.9 Å². The topological polar surface area (TPSA) is 196 Å². The van der Waals surface area contributed by atoms with Gasteiger partial charge in [-0.3, -0.25) is 4.79 Å². The van der Waals surface area contributed by atoms with Crippen molar-refractivity contribution in [3.8, 4) is 145 Å². The number of nitrogens with zero attached hydrogens (tertiary/aromatic N) is 2. The number of carboxylic acids is 3. The Labute approximate surface area is 867 Å².